The van der Waals surface area contributed by atoms with Crippen LogP contribution in [-0.2, 0) is 6.54 Å². The Morgan fingerprint density at radius 2 is 1.88 bits per heavy atom. The maximum Gasteiger partial charge on any atom is 0.147 e. The number of rotatable bonds is 5. The Labute approximate surface area is 97.9 Å². The van der Waals surface area contributed by atoms with Gasteiger partial charge >= 0.3 is 0 Å². The van der Waals surface area contributed by atoms with Crippen LogP contribution < -0.4 is 10.6 Å². The highest BCUT2D eigenvalue weighted by Crippen LogP contribution is 2.14. The molecular formula is C12H22N4. The Morgan fingerprint density at radius 1 is 1.19 bits per heavy atom. The van der Waals surface area contributed by atoms with E-state index in [1.54, 1.807) is 6.20 Å². The predicted octanol–water partition coefficient (Wildman–Crippen LogP) is 1.81. The van der Waals surface area contributed by atoms with E-state index in [0.717, 1.165) is 18.1 Å². The van der Waals surface area contributed by atoms with E-state index in [1.165, 1.54) is 0 Å². The highest BCUT2D eigenvalue weighted by Gasteiger charge is 2.13. The molecule has 0 fully saturated rings. The smallest absolute Gasteiger partial charge is 0.147 e. The molecule has 2 N–H and O–H groups in total. The molecule has 0 amide bonds. The van der Waals surface area contributed by atoms with Gasteiger partial charge in [-0.2, -0.15) is 0 Å². The van der Waals surface area contributed by atoms with Crippen LogP contribution in [0.4, 0.5) is 5.82 Å². The van der Waals surface area contributed by atoms with Gasteiger partial charge in [-0.15, -0.1) is 0 Å². The van der Waals surface area contributed by atoms with Crippen LogP contribution in [0.5, 0.6) is 0 Å². The van der Waals surface area contributed by atoms with Crippen molar-refractivity contribution < 1.29 is 0 Å². The van der Waals surface area contributed by atoms with Crippen molar-refractivity contribution in [2.75, 3.05) is 11.4 Å². The van der Waals surface area contributed by atoms with Gasteiger partial charge in [0.2, 0.25) is 0 Å². The van der Waals surface area contributed by atoms with E-state index in [0.29, 0.717) is 18.5 Å². The van der Waals surface area contributed by atoms with Gasteiger partial charge < -0.3 is 10.6 Å². The molecule has 4 heteroatoms. The van der Waals surface area contributed by atoms with Crippen molar-refractivity contribution in [1.82, 2.24) is 9.97 Å². The second-order valence-electron chi connectivity index (χ2n) is 4.71. The molecule has 0 aromatic carbocycles. The molecular weight excluding hydrogens is 200 g/mol. The first-order chi connectivity index (χ1) is 7.54. The molecule has 16 heavy (non-hydrogen) atoms. The molecule has 0 saturated heterocycles. The third-order valence-corrected chi connectivity index (χ3v) is 2.38. The molecule has 0 bridgehead atoms. The largest absolute Gasteiger partial charge is 0.353 e. The van der Waals surface area contributed by atoms with E-state index in [1.807, 2.05) is 6.20 Å². The number of hydrogen-bond donors (Lipinski definition) is 1. The fourth-order valence-electron chi connectivity index (χ4n) is 1.56. The molecule has 1 heterocycles. The Kier molecular flexibility index (Phi) is 4.68. The monoisotopic (exact) mass is 222 g/mol. The van der Waals surface area contributed by atoms with E-state index in [4.69, 9.17) is 5.73 Å². The molecule has 0 saturated carbocycles. The van der Waals surface area contributed by atoms with Crippen molar-refractivity contribution in [3.05, 3.63) is 18.1 Å². The molecule has 0 aliphatic carbocycles. The second-order valence-corrected chi connectivity index (χ2v) is 4.71. The summed E-state index contributed by atoms with van der Waals surface area (Å²) < 4.78 is 0. The third kappa shape index (κ3) is 3.45. The molecule has 1 aromatic heterocycles. The van der Waals surface area contributed by atoms with E-state index < -0.39 is 0 Å². The predicted molar refractivity (Wildman–Crippen MR) is 67.2 cm³/mol. The molecule has 0 atom stereocenters. The van der Waals surface area contributed by atoms with Gasteiger partial charge in [0.1, 0.15) is 5.82 Å². The quantitative estimate of drug-likeness (QED) is 0.825. The van der Waals surface area contributed by atoms with Gasteiger partial charge in [0.25, 0.3) is 0 Å². The number of nitrogens with zero attached hydrogens (tertiary/aromatic N) is 3. The summed E-state index contributed by atoms with van der Waals surface area (Å²) in [6.07, 6.45) is 3.57. The summed E-state index contributed by atoms with van der Waals surface area (Å²) in [6, 6.07) is 0.431. The number of hydrogen-bond acceptors (Lipinski definition) is 4. The van der Waals surface area contributed by atoms with Crippen LogP contribution in [0.25, 0.3) is 0 Å². The average Bonchev–Trinajstić information content (AvgIpc) is 2.25. The average molecular weight is 222 g/mol. The lowest BCUT2D eigenvalue weighted by molar-refractivity contribution is 0.565. The van der Waals surface area contributed by atoms with Crippen LogP contribution in [0.2, 0.25) is 0 Å². The van der Waals surface area contributed by atoms with Crippen molar-refractivity contribution in [3.63, 3.8) is 0 Å². The standard InChI is InChI=1S/C12H22N4/c1-9(2)8-16(10(3)4)12-7-14-11(5-13)6-15-12/h6-7,9-10H,5,8,13H2,1-4H3. The number of anilines is 1. The van der Waals surface area contributed by atoms with Crippen molar-refractivity contribution >= 4 is 5.82 Å². The minimum atomic E-state index is 0.431. The maximum atomic E-state index is 5.50. The summed E-state index contributed by atoms with van der Waals surface area (Å²) in [5.74, 6) is 1.54. The number of nitrogens with two attached hydrogens (primary N) is 1. The summed E-state index contributed by atoms with van der Waals surface area (Å²) >= 11 is 0. The summed E-state index contributed by atoms with van der Waals surface area (Å²) in [6.45, 7) is 10.2. The number of aromatic nitrogens is 2. The topological polar surface area (TPSA) is 55.0 Å². The van der Waals surface area contributed by atoms with Crippen LogP contribution in [0.15, 0.2) is 12.4 Å². The first-order valence-corrected chi connectivity index (χ1v) is 5.82. The van der Waals surface area contributed by atoms with E-state index in [-0.39, 0.29) is 0 Å². The molecule has 0 unspecified atom stereocenters. The van der Waals surface area contributed by atoms with Crippen molar-refractivity contribution in [3.8, 4) is 0 Å². The van der Waals surface area contributed by atoms with Gasteiger partial charge in [-0.25, -0.2) is 4.98 Å². The Balaban J connectivity index is 2.84. The maximum absolute atomic E-state index is 5.50. The molecule has 1 rings (SSSR count). The first kappa shape index (κ1) is 12.9. The van der Waals surface area contributed by atoms with Crippen LogP contribution in [0.1, 0.15) is 33.4 Å². The first-order valence-electron chi connectivity index (χ1n) is 5.82. The van der Waals surface area contributed by atoms with Crippen molar-refractivity contribution in [1.29, 1.82) is 0 Å². The molecule has 90 valence electrons. The third-order valence-electron chi connectivity index (χ3n) is 2.38. The van der Waals surface area contributed by atoms with Crippen molar-refractivity contribution in [2.45, 2.75) is 40.3 Å². The van der Waals surface area contributed by atoms with Gasteiger partial charge in [0.15, 0.2) is 0 Å². The zero-order chi connectivity index (χ0) is 12.1. The van der Waals surface area contributed by atoms with Gasteiger partial charge in [0.05, 0.1) is 18.1 Å². The van der Waals surface area contributed by atoms with Crippen LogP contribution in [0, 0.1) is 5.92 Å². The fraction of sp³-hybridized carbons (Fsp3) is 0.667. The van der Waals surface area contributed by atoms with E-state index >= 15 is 0 Å². The molecule has 0 spiro atoms. The zero-order valence-electron chi connectivity index (χ0n) is 10.6. The van der Waals surface area contributed by atoms with Gasteiger partial charge in [-0.1, -0.05) is 13.8 Å². The van der Waals surface area contributed by atoms with Crippen LogP contribution in [-0.4, -0.2) is 22.6 Å². The molecule has 0 radical (unpaired) electrons. The SMILES string of the molecule is CC(C)CN(c1cnc(CN)cn1)C(C)C. The highest BCUT2D eigenvalue weighted by atomic mass is 15.2. The van der Waals surface area contributed by atoms with E-state index in [9.17, 15) is 0 Å². The summed E-state index contributed by atoms with van der Waals surface area (Å²) in [5, 5.41) is 0. The lowest BCUT2D eigenvalue weighted by atomic mass is 10.2. The fourth-order valence-corrected chi connectivity index (χ4v) is 1.56. The van der Waals surface area contributed by atoms with Gasteiger partial charge in [-0.3, -0.25) is 4.98 Å². The molecule has 0 aliphatic heterocycles. The molecule has 4 nitrogen and oxygen atoms in total. The van der Waals surface area contributed by atoms with Gasteiger partial charge in [0, 0.05) is 19.1 Å². The minimum Gasteiger partial charge on any atom is -0.353 e. The normalized spacial score (nSPS) is 11.2. The summed E-state index contributed by atoms with van der Waals surface area (Å²) in [5.41, 5.74) is 6.33. The summed E-state index contributed by atoms with van der Waals surface area (Å²) in [4.78, 5) is 10.9. The Bertz CT molecular complexity index is 305. The Morgan fingerprint density at radius 3 is 2.25 bits per heavy atom. The Hall–Kier alpha value is -1.16. The summed E-state index contributed by atoms with van der Waals surface area (Å²) in [7, 11) is 0. The van der Waals surface area contributed by atoms with Crippen LogP contribution >= 0.6 is 0 Å². The van der Waals surface area contributed by atoms with Crippen molar-refractivity contribution in [2.24, 2.45) is 11.7 Å². The van der Waals surface area contributed by atoms with Crippen LogP contribution in [0.3, 0.4) is 0 Å². The lowest BCUT2D eigenvalue weighted by Crippen LogP contribution is -2.34. The second kappa shape index (κ2) is 5.80. The highest BCUT2D eigenvalue weighted by molar-refractivity contribution is 5.36. The van der Waals surface area contributed by atoms with Gasteiger partial charge in [-0.05, 0) is 19.8 Å². The lowest BCUT2D eigenvalue weighted by Gasteiger charge is -2.29. The van der Waals surface area contributed by atoms with E-state index in [2.05, 4.69) is 42.6 Å². The minimum absolute atomic E-state index is 0.431. The zero-order valence-corrected chi connectivity index (χ0v) is 10.6. The molecule has 0 aliphatic rings. The molecule has 1 aromatic rings.